The van der Waals surface area contributed by atoms with Gasteiger partial charge in [-0.3, -0.25) is 0 Å². The first-order valence-corrected chi connectivity index (χ1v) is 8.00. The second kappa shape index (κ2) is 7.63. The van der Waals surface area contributed by atoms with Crippen LogP contribution in [0, 0.1) is 0 Å². The minimum Gasteiger partial charge on any atom is -0.333 e. The van der Waals surface area contributed by atoms with Crippen LogP contribution in [0.3, 0.4) is 0 Å². The lowest BCUT2D eigenvalue weighted by atomic mass is 10.3. The molecule has 0 aliphatic rings. The fraction of sp³-hybridized carbons (Fsp3) is 0.154. The highest BCUT2D eigenvalue weighted by atomic mass is 35.5. The van der Waals surface area contributed by atoms with Crippen LogP contribution < -0.4 is 10.6 Å². The number of alkyl halides is 2. The largest absolute Gasteiger partial charge is 0.333 e. The summed E-state index contributed by atoms with van der Waals surface area (Å²) in [5, 5.41) is 7.27. The van der Waals surface area contributed by atoms with E-state index in [4.69, 9.17) is 11.6 Å². The van der Waals surface area contributed by atoms with E-state index >= 15 is 0 Å². The molecule has 21 heavy (non-hydrogen) atoms. The van der Waals surface area contributed by atoms with Crippen molar-refractivity contribution in [1.82, 2.24) is 5.32 Å². The first kappa shape index (κ1) is 16.1. The predicted molar refractivity (Wildman–Crippen MR) is 83.5 cm³/mol. The number of hydrogen-bond acceptors (Lipinski definition) is 3. The van der Waals surface area contributed by atoms with Crippen molar-refractivity contribution in [3.05, 3.63) is 45.6 Å². The molecule has 112 valence electrons. The smallest absolute Gasteiger partial charge is 0.319 e. The molecule has 2 amide bonds. The maximum absolute atomic E-state index is 12.5. The summed E-state index contributed by atoms with van der Waals surface area (Å²) in [4.78, 5) is 13.0. The zero-order valence-corrected chi connectivity index (χ0v) is 13.0. The number of rotatable bonds is 5. The molecular weight excluding hydrogens is 338 g/mol. The van der Waals surface area contributed by atoms with Crippen molar-refractivity contribution in [3.63, 3.8) is 0 Å². The summed E-state index contributed by atoms with van der Waals surface area (Å²) in [7, 11) is 0. The van der Waals surface area contributed by atoms with Gasteiger partial charge in [-0.25, -0.2) is 4.79 Å². The van der Waals surface area contributed by atoms with Gasteiger partial charge in [0, 0.05) is 4.88 Å². The van der Waals surface area contributed by atoms with Crippen LogP contribution in [0.25, 0.3) is 0 Å². The highest BCUT2D eigenvalue weighted by molar-refractivity contribution is 7.99. The predicted octanol–water partition coefficient (Wildman–Crippen LogP) is 5.04. The lowest BCUT2D eigenvalue weighted by Crippen LogP contribution is -2.28. The second-order valence-corrected chi connectivity index (χ2v) is 6.32. The maximum Gasteiger partial charge on any atom is 0.319 e. The Morgan fingerprint density at radius 1 is 1.33 bits per heavy atom. The van der Waals surface area contributed by atoms with Crippen molar-refractivity contribution in [2.24, 2.45) is 0 Å². The third kappa shape index (κ3) is 4.87. The molecule has 0 bridgehead atoms. The van der Waals surface area contributed by atoms with Gasteiger partial charge in [0.15, 0.2) is 0 Å². The van der Waals surface area contributed by atoms with Crippen LogP contribution in [0.2, 0.25) is 5.02 Å². The fourth-order valence-electron chi connectivity index (χ4n) is 1.56. The highest BCUT2D eigenvalue weighted by Crippen LogP contribution is 2.37. The molecule has 0 aliphatic heterocycles. The van der Waals surface area contributed by atoms with Crippen LogP contribution in [0.5, 0.6) is 0 Å². The number of amides is 2. The average Bonchev–Trinajstić information content (AvgIpc) is 2.93. The third-order valence-electron chi connectivity index (χ3n) is 2.43. The Hall–Kier alpha value is -1.31. The van der Waals surface area contributed by atoms with Gasteiger partial charge in [0.25, 0.3) is 5.76 Å². The molecule has 0 spiro atoms. The van der Waals surface area contributed by atoms with Gasteiger partial charge in [0.1, 0.15) is 0 Å². The van der Waals surface area contributed by atoms with E-state index in [-0.39, 0.29) is 15.6 Å². The molecule has 8 heteroatoms. The molecule has 0 aliphatic carbocycles. The Morgan fingerprint density at radius 3 is 2.81 bits per heavy atom. The SMILES string of the molecule is O=C(NCc1cccs1)Nc1cccc(Cl)c1SC(F)F. The molecule has 2 rings (SSSR count). The standard InChI is InChI=1S/C13H11ClF2N2OS2/c14-9-4-1-5-10(11(9)21-12(15)16)18-13(19)17-7-8-3-2-6-20-8/h1-6,12H,7H2,(H2,17,18,19). The van der Waals surface area contributed by atoms with Crippen molar-refractivity contribution < 1.29 is 13.6 Å². The molecule has 2 N–H and O–H groups in total. The molecule has 1 heterocycles. The van der Waals surface area contributed by atoms with E-state index in [1.165, 1.54) is 23.5 Å². The summed E-state index contributed by atoms with van der Waals surface area (Å²) >= 11 is 7.71. The first-order valence-electron chi connectivity index (χ1n) is 5.87. The summed E-state index contributed by atoms with van der Waals surface area (Å²) in [6, 6.07) is 7.92. The normalized spacial score (nSPS) is 10.7. The van der Waals surface area contributed by atoms with Crippen LogP contribution in [-0.4, -0.2) is 11.8 Å². The number of benzene rings is 1. The summed E-state index contributed by atoms with van der Waals surface area (Å²) in [5.41, 5.74) is 0.261. The van der Waals surface area contributed by atoms with E-state index < -0.39 is 11.8 Å². The maximum atomic E-state index is 12.5. The van der Waals surface area contributed by atoms with E-state index in [0.29, 0.717) is 18.3 Å². The van der Waals surface area contributed by atoms with Crippen LogP contribution >= 0.6 is 34.7 Å². The van der Waals surface area contributed by atoms with Crippen LogP contribution in [-0.2, 0) is 6.54 Å². The molecule has 0 saturated carbocycles. The van der Waals surface area contributed by atoms with Crippen molar-refractivity contribution in [2.45, 2.75) is 17.2 Å². The van der Waals surface area contributed by atoms with E-state index in [1.807, 2.05) is 17.5 Å². The Bertz CT molecular complexity index is 608. The fourth-order valence-corrected chi connectivity index (χ4v) is 3.12. The van der Waals surface area contributed by atoms with Gasteiger partial charge < -0.3 is 10.6 Å². The molecule has 1 aromatic carbocycles. The van der Waals surface area contributed by atoms with Crippen molar-refractivity contribution in [3.8, 4) is 0 Å². The van der Waals surface area contributed by atoms with Crippen molar-refractivity contribution in [1.29, 1.82) is 0 Å². The van der Waals surface area contributed by atoms with Gasteiger partial charge >= 0.3 is 6.03 Å². The quantitative estimate of drug-likeness (QED) is 0.743. The molecule has 1 aromatic heterocycles. The highest BCUT2D eigenvalue weighted by Gasteiger charge is 2.15. The van der Waals surface area contributed by atoms with E-state index in [2.05, 4.69) is 10.6 Å². The molecular formula is C13H11ClF2N2OS2. The van der Waals surface area contributed by atoms with Crippen molar-refractivity contribution >= 4 is 46.4 Å². The number of nitrogens with one attached hydrogen (secondary N) is 2. The molecule has 0 unspecified atom stereocenters. The molecule has 2 aromatic rings. The van der Waals surface area contributed by atoms with Gasteiger partial charge in [-0.1, -0.05) is 35.5 Å². The number of urea groups is 1. The Morgan fingerprint density at radius 2 is 2.14 bits per heavy atom. The van der Waals surface area contributed by atoms with Gasteiger partial charge in [0.05, 0.1) is 22.2 Å². The summed E-state index contributed by atoms with van der Waals surface area (Å²) < 4.78 is 25.1. The zero-order chi connectivity index (χ0) is 15.2. The monoisotopic (exact) mass is 348 g/mol. The second-order valence-electron chi connectivity index (χ2n) is 3.88. The first-order chi connectivity index (χ1) is 10.1. The van der Waals surface area contributed by atoms with Crippen LogP contribution in [0.4, 0.5) is 19.3 Å². The van der Waals surface area contributed by atoms with Crippen molar-refractivity contribution in [2.75, 3.05) is 5.32 Å². The molecule has 0 atom stereocenters. The minimum atomic E-state index is -2.61. The number of anilines is 1. The van der Waals surface area contributed by atoms with E-state index in [0.717, 1.165) is 4.88 Å². The number of carbonyl (C=O) groups is 1. The van der Waals surface area contributed by atoms with E-state index in [1.54, 1.807) is 6.07 Å². The third-order valence-corrected chi connectivity index (χ3v) is 4.58. The lowest BCUT2D eigenvalue weighted by Gasteiger charge is -2.12. The van der Waals surface area contributed by atoms with Crippen LogP contribution in [0.15, 0.2) is 40.6 Å². The van der Waals surface area contributed by atoms with E-state index in [9.17, 15) is 13.6 Å². The Kier molecular flexibility index (Phi) is 5.84. The van der Waals surface area contributed by atoms with Gasteiger partial charge in [-0.2, -0.15) is 8.78 Å². The molecule has 0 fully saturated rings. The number of carbonyl (C=O) groups excluding carboxylic acids is 1. The molecule has 0 radical (unpaired) electrons. The number of hydrogen-bond donors (Lipinski definition) is 2. The van der Waals surface area contributed by atoms with Gasteiger partial charge in [-0.15, -0.1) is 11.3 Å². The minimum absolute atomic E-state index is 0.153. The van der Waals surface area contributed by atoms with Crippen LogP contribution in [0.1, 0.15) is 4.88 Å². The van der Waals surface area contributed by atoms with Gasteiger partial charge in [0.2, 0.25) is 0 Å². The summed E-state index contributed by atoms with van der Waals surface area (Å²) in [6.07, 6.45) is 0. The number of halogens is 3. The molecule has 3 nitrogen and oxygen atoms in total. The molecule has 0 saturated heterocycles. The lowest BCUT2D eigenvalue weighted by molar-refractivity contribution is 0.250. The zero-order valence-electron chi connectivity index (χ0n) is 10.6. The summed E-state index contributed by atoms with van der Waals surface area (Å²) in [6.45, 7) is 0.376. The average molecular weight is 349 g/mol. The Balaban J connectivity index is 2.01. The number of thiophene rings is 1. The number of thioether (sulfide) groups is 1. The summed E-state index contributed by atoms with van der Waals surface area (Å²) in [5.74, 6) is -2.61. The van der Waals surface area contributed by atoms with Gasteiger partial charge in [-0.05, 0) is 23.6 Å². The topological polar surface area (TPSA) is 41.1 Å². The Labute approximate surface area is 133 Å².